The van der Waals surface area contributed by atoms with Gasteiger partial charge in [0.15, 0.2) is 5.13 Å². The predicted octanol–water partition coefficient (Wildman–Crippen LogP) is 2.90. The lowest BCUT2D eigenvalue weighted by atomic mass is 10.2. The van der Waals surface area contributed by atoms with Crippen molar-refractivity contribution in [3.63, 3.8) is 0 Å². The van der Waals surface area contributed by atoms with Crippen LogP contribution in [-0.2, 0) is 6.42 Å². The van der Waals surface area contributed by atoms with Gasteiger partial charge in [-0.15, -0.1) is 11.3 Å². The summed E-state index contributed by atoms with van der Waals surface area (Å²) < 4.78 is 0. The van der Waals surface area contributed by atoms with Crippen molar-refractivity contribution in [3.05, 3.63) is 51.0 Å². The topological polar surface area (TPSA) is 82.8 Å². The summed E-state index contributed by atoms with van der Waals surface area (Å²) in [4.78, 5) is 34.0. The first-order valence-corrected chi connectivity index (χ1v) is 10.8. The third-order valence-corrected chi connectivity index (χ3v) is 6.05. The fourth-order valence-corrected chi connectivity index (χ4v) is 4.28. The summed E-state index contributed by atoms with van der Waals surface area (Å²) in [7, 11) is 1.74. The lowest BCUT2D eigenvalue weighted by Gasteiger charge is -2.34. The molecule has 3 rings (SSSR count). The Morgan fingerprint density at radius 2 is 1.93 bits per heavy atom. The molecule has 0 saturated carbocycles. The standard InChI is InChI=1S/C20H27N5O3S/c1-3-9-23-11-13-24(14-12-23)20-21-17(15-29-20)8-10-22(2)19(26)16-4-6-18(7-5-16)25(27)28/h4-7,15H,3,8-14H2,1-2H3. The average Bonchev–Trinajstić information content (AvgIpc) is 3.21. The monoisotopic (exact) mass is 417 g/mol. The molecule has 8 nitrogen and oxygen atoms in total. The molecule has 0 bridgehead atoms. The molecule has 0 aliphatic carbocycles. The normalized spacial score (nSPS) is 14.8. The van der Waals surface area contributed by atoms with Crippen molar-refractivity contribution in [1.29, 1.82) is 0 Å². The maximum absolute atomic E-state index is 12.5. The van der Waals surface area contributed by atoms with E-state index in [0.29, 0.717) is 18.5 Å². The minimum absolute atomic E-state index is 0.0188. The van der Waals surface area contributed by atoms with Gasteiger partial charge < -0.3 is 9.80 Å². The van der Waals surface area contributed by atoms with Gasteiger partial charge >= 0.3 is 0 Å². The number of nitro benzene ring substituents is 1. The maximum Gasteiger partial charge on any atom is 0.269 e. The van der Waals surface area contributed by atoms with E-state index in [1.54, 1.807) is 23.3 Å². The second-order valence-corrected chi connectivity index (χ2v) is 8.07. The summed E-state index contributed by atoms with van der Waals surface area (Å²) >= 11 is 1.66. The van der Waals surface area contributed by atoms with E-state index in [1.807, 2.05) is 0 Å². The van der Waals surface area contributed by atoms with Crippen LogP contribution in [0.2, 0.25) is 0 Å². The van der Waals surface area contributed by atoms with E-state index < -0.39 is 4.92 Å². The highest BCUT2D eigenvalue weighted by Gasteiger charge is 2.19. The number of carbonyl (C=O) groups excluding carboxylic acids is 1. The van der Waals surface area contributed by atoms with Crippen molar-refractivity contribution >= 4 is 28.1 Å². The van der Waals surface area contributed by atoms with Crippen LogP contribution in [0.1, 0.15) is 29.4 Å². The second-order valence-electron chi connectivity index (χ2n) is 7.23. The number of anilines is 1. The van der Waals surface area contributed by atoms with Crippen LogP contribution in [0.4, 0.5) is 10.8 Å². The Morgan fingerprint density at radius 1 is 1.24 bits per heavy atom. The summed E-state index contributed by atoms with van der Waals surface area (Å²) in [6.07, 6.45) is 1.87. The van der Waals surface area contributed by atoms with Gasteiger partial charge in [0.05, 0.1) is 10.6 Å². The lowest BCUT2D eigenvalue weighted by Crippen LogP contribution is -2.46. The maximum atomic E-state index is 12.5. The Bertz CT molecular complexity index is 831. The quantitative estimate of drug-likeness (QED) is 0.485. The zero-order chi connectivity index (χ0) is 20.8. The van der Waals surface area contributed by atoms with E-state index in [9.17, 15) is 14.9 Å². The molecule has 2 heterocycles. The Balaban J connectivity index is 1.50. The highest BCUT2D eigenvalue weighted by molar-refractivity contribution is 7.13. The molecule has 156 valence electrons. The molecule has 0 spiro atoms. The summed E-state index contributed by atoms with van der Waals surface area (Å²) in [6, 6.07) is 5.70. The zero-order valence-corrected chi connectivity index (χ0v) is 17.7. The van der Waals surface area contributed by atoms with E-state index in [1.165, 1.54) is 30.7 Å². The zero-order valence-electron chi connectivity index (χ0n) is 16.9. The molecule has 0 N–H and O–H groups in total. The molecular weight excluding hydrogens is 390 g/mol. The summed E-state index contributed by atoms with van der Waals surface area (Å²) in [6.45, 7) is 8.08. The number of piperazine rings is 1. The van der Waals surface area contributed by atoms with E-state index in [4.69, 9.17) is 4.98 Å². The van der Waals surface area contributed by atoms with Gasteiger partial charge in [-0.2, -0.15) is 0 Å². The number of amides is 1. The number of non-ortho nitro benzene ring substituents is 1. The Hall–Kier alpha value is -2.52. The smallest absolute Gasteiger partial charge is 0.269 e. The van der Waals surface area contributed by atoms with Gasteiger partial charge in [0.2, 0.25) is 0 Å². The van der Waals surface area contributed by atoms with E-state index in [-0.39, 0.29) is 11.6 Å². The number of nitro groups is 1. The highest BCUT2D eigenvalue weighted by Crippen LogP contribution is 2.22. The van der Waals surface area contributed by atoms with Crippen LogP contribution in [0.25, 0.3) is 0 Å². The van der Waals surface area contributed by atoms with Crippen LogP contribution in [0.5, 0.6) is 0 Å². The molecule has 1 aliphatic heterocycles. The van der Waals surface area contributed by atoms with Crippen molar-refractivity contribution in [2.45, 2.75) is 19.8 Å². The first kappa shape index (κ1) is 21.2. The number of carbonyl (C=O) groups is 1. The third-order valence-electron chi connectivity index (χ3n) is 5.10. The summed E-state index contributed by atoms with van der Waals surface area (Å²) in [5.74, 6) is -0.151. The molecule has 29 heavy (non-hydrogen) atoms. The first-order valence-electron chi connectivity index (χ1n) is 9.89. The number of hydrogen-bond donors (Lipinski definition) is 0. The first-order chi connectivity index (χ1) is 14.0. The molecule has 1 amide bonds. The Labute approximate surface area is 174 Å². The molecule has 1 aromatic carbocycles. The van der Waals surface area contributed by atoms with Gasteiger partial charge in [-0.05, 0) is 25.1 Å². The highest BCUT2D eigenvalue weighted by atomic mass is 32.1. The summed E-state index contributed by atoms with van der Waals surface area (Å²) in [5, 5.41) is 13.9. The third kappa shape index (κ3) is 5.51. The number of benzene rings is 1. The van der Waals surface area contributed by atoms with Crippen molar-refractivity contribution < 1.29 is 9.72 Å². The van der Waals surface area contributed by atoms with E-state index in [0.717, 1.165) is 43.5 Å². The van der Waals surface area contributed by atoms with Crippen molar-refractivity contribution in [3.8, 4) is 0 Å². The number of rotatable bonds is 8. The molecule has 1 aliphatic rings. The minimum atomic E-state index is -0.471. The van der Waals surface area contributed by atoms with Gasteiger partial charge in [0.25, 0.3) is 11.6 Å². The van der Waals surface area contributed by atoms with Gasteiger partial charge in [-0.1, -0.05) is 6.92 Å². The van der Waals surface area contributed by atoms with Crippen LogP contribution in [0, 0.1) is 10.1 Å². The van der Waals surface area contributed by atoms with Crippen LogP contribution in [-0.4, -0.2) is 71.9 Å². The average molecular weight is 418 g/mol. The van der Waals surface area contributed by atoms with E-state index in [2.05, 4.69) is 22.1 Å². The minimum Gasteiger partial charge on any atom is -0.346 e. The SMILES string of the molecule is CCCN1CCN(c2nc(CCN(C)C(=O)c3ccc([N+](=O)[O-])cc3)cs2)CC1. The van der Waals surface area contributed by atoms with Gasteiger partial charge in [0, 0.05) is 69.3 Å². The molecule has 9 heteroatoms. The van der Waals surface area contributed by atoms with Crippen LogP contribution in [0.15, 0.2) is 29.6 Å². The fraction of sp³-hybridized carbons (Fsp3) is 0.500. The van der Waals surface area contributed by atoms with Crippen molar-refractivity contribution in [2.24, 2.45) is 0 Å². The number of likely N-dealkylation sites (N-methyl/N-ethyl adjacent to an activating group) is 1. The van der Waals surface area contributed by atoms with Gasteiger partial charge in [-0.3, -0.25) is 19.8 Å². The molecular formula is C20H27N5O3S. The van der Waals surface area contributed by atoms with Crippen molar-refractivity contribution in [2.75, 3.05) is 51.2 Å². The Kier molecular flexibility index (Phi) is 7.16. The van der Waals surface area contributed by atoms with Gasteiger partial charge in [0.1, 0.15) is 0 Å². The number of aromatic nitrogens is 1. The Morgan fingerprint density at radius 3 is 2.55 bits per heavy atom. The number of thiazole rings is 1. The van der Waals surface area contributed by atoms with E-state index >= 15 is 0 Å². The van der Waals surface area contributed by atoms with Gasteiger partial charge in [-0.25, -0.2) is 4.98 Å². The van der Waals surface area contributed by atoms with Crippen LogP contribution < -0.4 is 4.90 Å². The molecule has 0 atom stereocenters. The number of nitrogens with zero attached hydrogens (tertiary/aromatic N) is 5. The van der Waals surface area contributed by atoms with Crippen LogP contribution >= 0.6 is 11.3 Å². The molecule has 2 aromatic rings. The van der Waals surface area contributed by atoms with Crippen molar-refractivity contribution in [1.82, 2.24) is 14.8 Å². The molecule has 1 aromatic heterocycles. The largest absolute Gasteiger partial charge is 0.346 e. The summed E-state index contributed by atoms with van der Waals surface area (Å²) in [5.41, 5.74) is 1.42. The molecule has 0 radical (unpaired) electrons. The molecule has 1 saturated heterocycles. The molecule has 0 unspecified atom stereocenters. The second kappa shape index (κ2) is 9.80. The lowest BCUT2D eigenvalue weighted by molar-refractivity contribution is -0.384. The number of hydrogen-bond acceptors (Lipinski definition) is 7. The fourth-order valence-electron chi connectivity index (χ4n) is 3.37. The predicted molar refractivity (Wildman–Crippen MR) is 115 cm³/mol. The van der Waals surface area contributed by atoms with Crippen LogP contribution in [0.3, 0.4) is 0 Å². The molecule has 1 fully saturated rings.